The summed E-state index contributed by atoms with van der Waals surface area (Å²) in [5, 5.41) is 1.29. The molecule has 0 spiro atoms. The molecule has 102 valence electrons. The molecule has 2 aromatic carbocycles. The predicted molar refractivity (Wildman–Crippen MR) is 84.4 cm³/mol. The summed E-state index contributed by atoms with van der Waals surface area (Å²) in [6, 6.07) is 11.2. The Labute approximate surface area is 126 Å². The Hall–Kier alpha value is -1.71. The van der Waals surface area contributed by atoms with E-state index in [0.717, 1.165) is 28.1 Å². The first-order chi connectivity index (χ1) is 9.54. The summed E-state index contributed by atoms with van der Waals surface area (Å²) in [7, 11) is 0. The lowest BCUT2D eigenvalue weighted by molar-refractivity contribution is 0.786. The fraction of sp³-hybridized carbons (Fsp3) is 0.133. The van der Waals surface area contributed by atoms with Crippen molar-refractivity contribution in [2.45, 2.75) is 13.5 Å². The monoisotopic (exact) mass is 305 g/mol. The summed E-state index contributed by atoms with van der Waals surface area (Å²) in [6.07, 6.45) is 0. The average Bonchev–Trinajstić information content (AvgIpc) is 2.69. The molecule has 1 aromatic heterocycles. The second-order valence-electron chi connectivity index (χ2n) is 4.73. The zero-order valence-electron chi connectivity index (χ0n) is 10.9. The average molecular weight is 306 g/mol. The van der Waals surface area contributed by atoms with Gasteiger partial charge in [-0.15, -0.1) is 0 Å². The Balaban J connectivity index is 2.10. The Morgan fingerprint density at radius 2 is 1.95 bits per heavy atom. The third kappa shape index (κ3) is 2.35. The first-order valence-corrected chi connectivity index (χ1v) is 6.96. The van der Waals surface area contributed by atoms with Crippen LogP contribution in [0.15, 0.2) is 36.4 Å². The molecule has 0 aliphatic rings. The van der Waals surface area contributed by atoms with Gasteiger partial charge in [0.25, 0.3) is 0 Å². The zero-order valence-corrected chi connectivity index (χ0v) is 12.4. The molecular formula is C15H13Cl2N3. The topological polar surface area (TPSA) is 43.8 Å². The largest absolute Gasteiger partial charge is 0.399 e. The second kappa shape index (κ2) is 5.00. The van der Waals surface area contributed by atoms with Crippen LogP contribution in [0.1, 0.15) is 11.4 Å². The number of anilines is 1. The lowest BCUT2D eigenvalue weighted by Gasteiger charge is -2.09. The molecule has 0 saturated heterocycles. The van der Waals surface area contributed by atoms with Gasteiger partial charge in [0.05, 0.1) is 17.6 Å². The van der Waals surface area contributed by atoms with E-state index >= 15 is 0 Å². The van der Waals surface area contributed by atoms with Crippen LogP contribution in [0, 0.1) is 6.92 Å². The van der Waals surface area contributed by atoms with Gasteiger partial charge in [0.1, 0.15) is 5.82 Å². The van der Waals surface area contributed by atoms with Gasteiger partial charge in [-0.3, -0.25) is 0 Å². The number of benzene rings is 2. The molecule has 2 N–H and O–H groups in total. The maximum atomic E-state index is 6.24. The predicted octanol–water partition coefficient (Wildman–Crippen LogP) is 4.28. The molecule has 0 bridgehead atoms. The summed E-state index contributed by atoms with van der Waals surface area (Å²) in [4.78, 5) is 4.54. The van der Waals surface area contributed by atoms with Crippen LogP contribution in [0.3, 0.4) is 0 Å². The summed E-state index contributed by atoms with van der Waals surface area (Å²) in [5.41, 5.74) is 9.52. The van der Waals surface area contributed by atoms with Gasteiger partial charge in [0.2, 0.25) is 0 Å². The van der Waals surface area contributed by atoms with Gasteiger partial charge in [-0.1, -0.05) is 29.3 Å². The van der Waals surface area contributed by atoms with Crippen molar-refractivity contribution in [3.8, 4) is 0 Å². The number of aromatic nitrogens is 2. The van der Waals surface area contributed by atoms with Crippen LogP contribution in [-0.4, -0.2) is 9.55 Å². The van der Waals surface area contributed by atoms with Gasteiger partial charge in [-0.2, -0.15) is 0 Å². The number of nitrogens with two attached hydrogens (primary N) is 1. The summed E-state index contributed by atoms with van der Waals surface area (Å²) < 4.78 is 2.10. The highest BCUT2D eigenvalue weighted by Gasteiger charge is 2.10. The third-order valence-electron chi connectivity index (χ3n) is 3.31. The Kier molecular flexibility index (Phi) is 3.32. The molecule has 3 nitrogen and oxygen atoms in total. The van der Waals surface area contributed by atoms with E-state index in [1.54, 1.807) is 6.07 Å². The standard InChI is InChI=1S/C15H13Cl2N3/c1-9-19-14-5-4-12(18)7-15(14)20(9)8-10-2-3-11(16)6-13(10)17/h2-7H,8,18H2,1H3. The zero-order chi connectivity index (χ0) is 14.3. The smallest absolute Gasteiger partial charge is 0.107 e. The fourth-order valence-electron chi connectivity index (χ4n) is 2.28. The lowest BCUT2D eigenvalue weighted by atomic mass is 10.2. The van der Waals surface area contributed by atoms with Gasteiger partial charge < -0.3 is 10.3 Å². The van der Waals surface area contributed by atoms with Crippen molar-refractivity contribution in [2.24, 2.45) is 0 Å². The minimum absolute atomic E-state index is 0.634. The van der Waals surface area contributed by atoms with E-state index in [-0.39, 0.29) is 0 Å². The third-order valence-corrected chi connectivity index (χ3v) is 3.89. The van der Waals surface area contributed by atoms with Crippen LogP contribution in [0.5, 0.6) is 0 Å². The number of halogens is 2. The number of rotatable bonds is 2. The molecule has 3 rings (SSSR count). The van der Waals surface area contributed by atoms with E-state index < -0.39 is 0 Å². The molecule has 0 radical (unpaired) electrons. The Morgan fingerprint density at radius 3 is 2.70 bits per heavy atom. The minimum Gasteiger partial charge on any atom is -0.399 e. The van der Waals surface area contributed by atoms with Gasteiger partial charge >= 0.3 is 0 Å². The molecule has 0 atom stereocenters. The summed E-state index contributed by atoms with van der Waals surface area (Å²) in [6.45, 7) is 2.61. The second-order valence-corrected chi connectivity index (χ2v) is 5.57. The van der Waals surface area contributed by atoms with Gasteiger partial charge in [0, 0.05) is 15.7 Å². The van der Waals surface area contributed by atoms with Gasteiger partial charge in [0.15, 0.2) is 0 Å². The van der Waals surface area contributed by atoms with Crippen molar-refractivity contribution in [1.29, 1.82) is 0 Å². The van der Waals surface area contributed by atoms with E-state index in [1.165, 1.54) is 0 Å². The summed E-state index contributed by atoms with van der Waals surface area (Å²) in [5.74, 6) is 0.927. The van der Waals surface area contributed by atoms with Crippen molar-refractivity contribution < 1.29 is 0 Å². The van der Waals surface area contributed by atoms with Crippen molar-refractivity contribution in [3.05, 3.63) is 57.8 Å². The van der Waals surface area contributed by atoms with Crippen LogP contribution in [0.25, 0.3) is 11.0 Å². The molecule has 1 heterocycles. The molecular weight excluding hydrogens is 293 g/mol. The fourth-order valence-corrected chi connectivity index (χ4v) is 2.75. The van der Waals surface area contributed by atoms with Crippen LogP contribution in [-0.2, 0) is 6.54 Å². The molecule has 3 aromatic rings. The quantitative estimate of drug-likeness (QED) is 0.718. The van der Waals surface area contributed by atoms with Crippen molar-refractivity contribution in [2.75, 3.05) is 5.73 Å². The van der Waals surface area contributed by atoms with E-state index in [2.05, 4.69) is 9.55 Å². The first kappa shape index (κ1) is 13.3. The highest BCUT2D eigenvalue weighted by Crippen LogP contribution is 2.25. The molecule has 0 saturated carbocycles. The maximum Gasteiger partial charge on any atom is 0.107 e. The van der Waals surface area contributed by atoms with E-state index in [1.807, 2.05) is 37.3 Å². The highest BCUT2D eigenvalue weighted by atomic mass is 35.5. The Bertz CT molecular complexity index is 793. The van der Waals surface area contributed by atoms with Crippen molar-refractivity contribution in [1.82, 2.24) is 9.55 Å². The van der Waals surface area contributed by atoms with Crippen LogP contribution in [0.2, 0.25) is 10.0 Å². The summed E-state index contributed by atoms with van der Waals surface area (Å²) >= 11 is 12.2. The number of imidazole rings is 1. The van der Waals surface area contributed by atoms with Gasteiger partial charge in [-0.05, 0) is 42.8 Å². The number of aryl methyl sites for hydroxylation is 1. The molecule has 0 aliphatic carbocycles. The molecule has 0 fully saturated rings. The molecule has 5 heteroatoms. The number of nitrogens with zero attached hydrogens (tertiary/aromatic N) is 2. The number of hydrogen-bond donors (Lipinski definition) is 1. The molecule has 20 heavy (non-hydrogen) atoms. The SMILES string of the molecule is Cc1nc2ccc(N)cc2n1Cc1ccc(Cl)cc1Cl. The van der Waals surface area contributed by atoms with Crippen LogP contribution in [0.4, 0.5) is 5.69 Å². The number of fused-ring (bicyclic) bond motifs is 1. The van der Waals surface area contributed by atoms with Crippen molar-refractivity contribution in [3.63, 3.8) is 0 Å². The molecule has 0 amide bonds. The molecule has 0 aliphatic heterocycles. The Morgan fingerprint density at radius 1 is 1.15 bits per heavy atom. The number of nitrogen functional groups attached to an aromatic ring is 1. The van der Waals surface area contributed by atoms with Crippen LogP contribution < -0.4 is 5.73 Å². The molecule has 0 unspecified atom stereocenters. The maximum absolute atomic E-state index is 6.24. The van der Waals surface area contributed by atoms with E-state index in [0.29, 0.717) is 16.6 Å². The first-order valence-electron chi connectivity index (χ1n) is 6.21. The highest BCUT2D eigenvalue weighted by molar-refractivity contribution is 6.35. The normalized spacial score (nSPS) is 11.2. The minimum atomic E-state index is 0.634. The van der Waals surface area contributed by atoms with Crippen LogP contribution >= 0.6 is 23.2 Å². The number of hydrogen-bond acceptors (Lipinski definition) is 2. The van der Waals surface area contributed by atoms with E-state index in [9.17, 15) is 0 Å². The van der Waals surface area contributed by atoms with Crippen molar-refractivity contribution >= 4 is 39.9 Å². The van der Waals surface area contributed by atoms with E-state index in [4.69, 9.17) is 28.9 Å². The lowest BCUT2D eigenvalue weighted by Crippen LogP contribution is -2.02. The van der Waals surface area contributed by atoms with Gasteiger partial charge in [-0.25, -0.2) is 4.98 Å².